The lowest BCUT2D eigenvalue weighted by Crippen LogP contribution is -2.38. The van der Waals surface area contributed by atoms with E-state index in [9.17, 15) is 0 Å². The lowest BCUT2D eigenvalue weighted by atomic mass is 9.97. The van der Waals surface area contributed by atoms with Gasteiger partial charge in [-0.1, -0.05) is 42.5 Å². The van der Waals surface area contributed by atoms with E-state index in [1.165, 1.54) is 10.8 Å². The summed E-state index contributed by atoms with van der Waals surface area (Å²) in [6.07, 6.45) is 11.9. The third-order valence-corrected chi connectivity index (χ3v) is 3.63. The van der Waals surface area contributed by atoms with Gasteiger partial charge in [-0.05, 0) is 23.4 Å². The van der Waals surface area contributed by atoms with Crippen LogP contribution in [0.1, 0.15) is 5.56 Å². The number of pyridine rings is 1. The standard InChI is InChI=1S/C18H13NO/c1-2-9-16-14(7-1)15-8-3-4-10-17(15)20-18(16)13-6-5-11-19-12-13/h1-12,17H. The monoisotopic (exact) mass is 259 g/mol. The molecule has 0 N–H and O–H groups in total. The zero-order valence-electron chi connectivity index (χ0n) is 10.9. The number of nitrogens with zero attached hydrogens (tertiary/aromatic N) is 1. The van der Waals surface area contributed by atoms with Gasteiger partial charge in [-0.2, -0.15) is 0 Å². The van der Waals surface area contributed by atoms with E-state index in [2.05, 4.69) is 41.4 Å². The summed E-state index contributed by atoms with van der Waals surface area (Å²) in [5.74, 6) is 0.905. The topological polar surface area (TPSA) is 22.1 Å². The van der Waals surface area contributed by atoms with Crippen molar-refractivity contribution >= 4 is 11.3 Å². The van der Waals surface area contributed by atoms with Gasteiger partial charge in [-0.25, -0.2) is 0 Å². The Labute approximate surface area is 117 Å². The van der Waals surface area contributed by atoms with Crippen LogP contribution in [0.5, 0.6) is 0 Å². The number of rotatable bonds is 1. The van der Waals surface area contributed by atoms with Crippen LogP contribution < -0.4 is 10.4 Å². The molecule has 96 valence electrons. The van der Waals surface area contributed by atoms with Gasteiger partial charge in [0.15, 0.2) is 0 Å². The largest absolute Gasteiger partial charge is 0.480 e. The van der Waals surface area contributed by atoms with Crippen molar-refractivity contribution in [2.24, 2.45) is 0 Å². The van der Waals surface area contributed by atoms with Gasteiger partial charge in [0.1, 0.15) is 11.9 Å². The van der Waals surface area contributed by atoms with Gasteiger partial charge in [0, 0.05) is 28.7 Å². The number of allylic oxidation sites excluding steroid dienone is 2. The van der Waals surface area contributed by atoms with Gasteiger partial charge in [-0.15, -0.1) is 0 Å². The summed E-state index contributed by atoms with van der Waals surface area (Å²) in [6.45, 7) is 0. The highest BCUT2D eigenvalue weighted by atomic mass is 16.5. The highest BCUT2D eigenvalue weighted by Gasteiger charge is 2.21. The van der Waals surface area contributed by atoms with Gasteiger partial charge >= 0.3 is 0 Å². The molecule has 0 saturated carbocycles. The third kappa shape index (κ3) is 1.69. The fraction of sp³-hybridized carbons (Fsp3) is 0.0556. The lowest BCUT2D eigenvalue weighted by molar-refractivity contribution is 0.256. The molecule has 1 unspecified atom stereocenters. The summed E-state index contributed by atoms with van der Waals surface area (Å²) >= 11 is 0. The number of fused-ring (bicyclic) bond motifs is 2. The molecular formula is C18H13NO. The first-order valence-electron chi connectivity index (χ1n) is 6.69. The van der Waals surface area contributed by atoms with Gasteiger partial charge in [0.2, 0.25) is 0 Å². The predicted octanol–water partition coefficient (Wildman–Crippen LogP) is 1.91. The number of benzene rings is 1. The van der Waals surface area contributed by atoms with E-state index in [0.29, 0.717) is 0 Å². The van der Waals surface area contributed by atoms with Crippen LogP contribution >= 0.6 is 0 Å². The Morgan fingerprint density at radius 2 is 1.85 bits per heavy atom. The SMILES string of the molecule is C1=CC2=c3ccccc3=C(c3cccnc3)OC2C=C1. The molecule has 2 aliphatic rings. The third-order valence-electron chi connectivity index (χ3n) is 3.63. The van der Waals surface area contributed by atoms with Crippen molar-refractivity contribution in [3.8, 4) is 0 Å². The molecule has 2 heteroatoms. The van der Waals surface area contributed by atoms with Crippen LogP contribution in [-0.4, -0.2) is 11.1 Å². The van der Waals surface area contributed by atoms with E-state index < -0.39 is 0 Å². The van der Waals surface area contributed by atoms with Crippen molar-refractivity contribution in [3.05, 3.63) is 89.1 Å². The first-order valence-corrected chi connectivity index (χ1v) is 6.69. The predicted molar refractivity (Wildman–Crippen MR) is 79.0 cm³/mol. The van der Waals surface area contributed by atoms with E-state index in [1.54, 1.807) is 6.20 Å². The average Bonchev–Trinajstić information content (AvgIpc) is 2.55. The van der Waals surface area contributed by atoms with Crippen LogP contribution in [-0.2, 0) is 4.74 Å². The fourth-order valence-corrected chi connectivity index (χ4v) is 2.71. The Kier molecular flexibility index (Phi) is 2.52. The molecule has 0 saturated heterocycles. The Balaban J connectivity index is 2.09. The second kappa shape index (κ2) is 4.49. The summed E-state index contributed by atoms with van der Waals surface area (Å²) < 4.78 is 6.20. The van der Waals surface area contributed by atoms with Crippen molar-refractivity contribution in [1.29, 1.82) is 0 Å². The Hall–Kier alpha value is -2.61. The quantitative estimate of drug-likeness (QED) is 0.780. The zero-order valence-corrected chi connectivity index (χ0v) is 10.9. The van der Waals surface area contributed by atoms with Crippen LogP contribution in [0.15, 0.2) is 73.1 Å². The average molecular weight is 259 g/mol. The molecule has 1 aliphatic carbocycles. The summed E-state index contributed by atoms with van der Waals surface area (Å²) in [4.78, 5) is 4.20. The maximum Gasteiger partial charge on any atom is 0.143 e. The minimum Gasteiger partial charge on any atom is -0.480 e. The molecule has 20 heavy (non-hydrogen) atoms. The molecule has 0 fully saturated rings. The van der Waals surface area contributed by atoms with Crippen molar-refractivity contribution in [3.63, 3.8) is 0 Å². The molecule has 0 bridgehead atoms. The highest BCUT2D eigenvalue weighted by molar-refractivity contribution is 5.72. The van der Waals surface area contributed by atoms with Gasteiger partial charge in [0.25, 0.3) is 0 Å². The number of hydrogen-bond donors (Lipinski definition) is 0. The van der Waals surface area contributed by atoms with Crippen LogP contribution in [0.2, 0.25) is 0 Å². The minimum absolute atomic E-state index is 0.00916. The van der Waals surface area contributed by atoms with Gasteiger partial charge in [-0.3, -0.25) is 4.98 Å². The molecular weight excluding hydrogens is 246 g/mol. The summed E-state index contributed by atoms with van der Waals surface area (Å²) in [5, 5.41) is 2.37. The number of hydrogen-bond acceptors (Lipinski definition) is 2. The molecule has 2 nitrogen and oxygen atoms in total. The second-order valence-electron chi connectivity index (χ2n) is 4.85. The molecule has 1 aliphatic heterocycles. The Bertz CT molecular complexity index is 831. The van der Waals surface area contributed by atoms with E-state index in [1.807, 2.05) is 30.5 Å². The normalized spacial score (nSPS) is 19.3. The highest BCUT2D eigenvalue weighted by Crippen LogP contribution is 2.23. The molecule has 4 rings (SSSR count). The molecule has 2 aromatic rings. The van der Waals surface area contributed by atoms with Gasteiger partial charge < -0.3 is 4.74 Å². The minimum atomic E-state index is -0.00916. The van der Waals surface area contributed by atoms with Crippen molar-refractivity contribution in [2.75, 3.05) is 0 Å². The first kappa shape index (κ1) is 11.2. The van der Waals surface area contributed by atoms with Gasteiger partial charge in [0.05, 0.1) is 0 Å². The smallest absolute Gasteiger partial charge is 0.143 e. The fourth-order valence-electron chi connectivity index (χ4n) is 2.71. The lowest BCUT2D eigenvalue weighted by Gasteiger charge is -2.25. The van der Waals surface area contributed by atoms with Crippen LogP contribution in [0.4, 0.5) is 0 Å². The molecule has 2 heterocycles. The molecule has 1 aromatic heterocycles. The van der Waals surface area contributed by atoms with Crippen molar-refractivity contribution < 1.29 is 4.74 Å². The Morgan fingerprint density at radius 1 is 0.950 bits per heavy atom. The van der Waals surface area contributed by atoms with Crippen molar-refractivity contribution in [2.45, 2.75) is 6.10 Å². The molecule has 0 spiro atoms. The Morgan fingerprint density at radius 3 is 2.70 bits per heavy atom. The van der Waals surface area contributed by atoms with Crippen LogP contribution in [0, 0.1) is 0 Å². The maximum absolute atomic E-state index is 6.20. The van der Waals surface area contributed by atoms with Crippen molar-refractivity contribution in [1.82, 2.24) is 4.98 Å². The summed E-state index contributed by atoms with van der Waals surface area (Å²) in [6, 6.07) is 12.3. The summed E-state index contributed by atoms with van der Waals surface area (Å²) in [5.41, 5.74) is 2.23. The van der Waals surface area contributed by atoms with E-state index in [0.717, 1.165) is 16.5 Å². The molecule has 0 amide bonds. The summed E-state index contributed by atoms with van der Waals surface area (Å²) in [7, 11) is 0. The zero-order chi connectivity index (χ0) is 13.4. The van der Waals surface area contributed by atoms with E-state index in [-0.39, 0.29) is 6.10 Å². The molecule has 1 aromatic carbocycles. The van der Waals surface area contributed by atoms with Crippen LogP contribution in [0.25, 0.3) is 11.3 Å². The molecule has 1 atom stereocenters. The maximum atomic E-state index is 6.20. The van der Waals surface area contributed by atoms with E-state index in [4.69, 9.17) is 4.74 Å². The second-order valence-corrected chi connectivity index (χ2v) is 4.85. The van der Waals surface area contributed by atoms with Crippen LogP contribution in [0.3, 0.4) is 0 Å². The first-order chi connectivity index (χ1) is 9.93. The van der Waals surface area contributed by atoms with E-state index >= 15 is 0 Å². The molecule has 0 radical (unpaired) electrons. The number of aromatic nitrogens is 1. The number of ether oxygens (including phenoxy) is 1.